The second-order valence-electron chi connectivity index (χ2n) is 2.39. The first kappa shape index (κ1) is 9.44. The van der Waals surface area contributed by atoms with Crippen LogP contribution in [0.3, 0.4) is 0 Å². The van der Waals surface area contributed by atoms with E-state index in [9.17, 15) is 9.18 Å². The van der Waals surface area contributed by atoms with Crippen molar-refractivity contribution < 1.29 is 19.0 Å². The Morgan fingerprint density at radius 1 is 1.77 bits per heavy atom. The monoisotopic (exact) mass is 185 g/mol. The summed E-state index contributed by atoms with van der Waals surface area (Å²) in [6, 6.07) is 0.992. The molecule has 5 heteroatoms. The summed E-state index contributed by atoms with van der Waals surface area (Å²) in [5.41, 5.74) is 0.166. The molecule has 0 aromatic carbocycles. The van der Waals surface area contributed by atoms with Crippen LogP contribution in [-0.2, 0) is 16.0 Å². The van der Waals surface area contributed by atoms with E-state index in [0.717, 1.165) is 12.3 Å². The fourth-order valence-electron chi connectivity index (χ4n) is 0.830. The molecule has 0 aliphatic rings. The molecule has 0 aliphatic carbocycles. The Labute approximate surface area is 74.0 Å². The number of carbonyl (C=O) groups is 1. The summed E-state index contributed by atoms with van der Waals surface area (Å²) in [7, 11) is 1.22. The molecule has 0 fully saturated rings. The van der Waals surface area contributed by atoms with Crippen LogP contribution in [0.4, 0.5) is 4.39 Å². The minimum atomic E-state index is -0.739. The SMILES string of the molecule is COC(=O)Cc1cc(F)ncc1O. The van der Waals surface area contributed by atoms with Crippen LogP contribution in [0.25, 0.3) is 0 Å². The third-order valence-corrected chi connectivity index (χ3v) is 1.49. The minimum absolute atomic E-state index is 0.165. The number of hydrogen-bond acceptors (Lipinski definition) is 4. The van der Waals surface area contributed by atoms with Crippen molar-refractivity contribution in [2.45, 2.75) is 6.42 Å². The van der Waals surface area contributed by atoms with Crippen molar-refractivity contribution in [3.63, 3.8) is 0 Å². The van der Waals surface area contributed by atoms with Crippen molar-refractivity contribution in [2.75, 3.05) is 7.11 Å². The van der Waals surface area contributed by atoms with Gasteiger partial charge in [0.05, 0.1) is 19.7 Å². The van der Waals surface area contributed by atoms with Crippen LogP contribution >= 0.6 is 0 Å². The van der Waals surface area contributed by atoms with Gasteiger partial charge in [0.25, 0.3) is 0 Å². The first-order chi connectivity index (χ1) is 6.13. The Kier molecular flexibility index (Phi) is 2.79. The lowest BCUT2D eigenvalue weighted by Gasteiger charge is -2.01. The molecule has 0 atom stereocenters. The van der Waals surface area contributed by atoms with Gasteiger partial charge in [-0.15, -0.1) is 0 Å². The molecule has 1 aromatic rings. The van der Waals surface area contributed by atoms with Crippen LogP contribution in [0.15, 0.2) is 12.3 Å². The minimum Gasteiger partial charge on any atom is -0.506 e. The van der Waals surface area contributed by atoms with Gasteiger partial charge < -0.3 is 9.84 Å². The summed E-state index contributed by atoms with van der Waals surface area (Å²) in [6.07, 6.45) is 0.787. The van der Waals surface area contributed by atoms with Crippen molar-refractivity contribution in [2.24, 2.45) is 0 Å². The number of hydrogen-bond donors (Lipinski definition) is 1. The molecule has 13 heavy (non-hydrogen) atoms. The molecule has 0 spiro atoms. The summed E-state index contributed by atoms with van der Waals surface area (Å²) < 4.78 is 16.9. The molecule has 1 heterocycles. The van der Waals surface area contributed by atoms with E-state index in [1.54, 1.807) is 0 Å². The highest BCUT2D eigenvalue weighted by atomic mass is 19.1. The van der Waals surface area contributed by atoms with Crippen LogP contribution in [0, 0.1) is 5.95 Å². The van der Waals surface area contributed by atoms with Gasteiger partial charge in [-0.3, -0.25) is 4.79 Å². The standard InChI is InChI=1S/C8H8FNO3/c1-13-8(12)3-5-2-7(9)10-4-6(5)11/h2,4,11H,3H2,1H3. The van der Waals surface area contributed by atoms with E-state index >= 15 is 0 Å². The Balaban J connectivity index is 2.87. The van der Waals surface area contributed by atoms with Gasteiger partial charge in [0.15, 0.2) is 0 Å². The number of ether oxygens (including phenoxy) is 1. The molecule has 1 N–H and O–H groups in total. The number of carbonyl (C=O) groups excluding carboxylic acids is 1. The molecule has 0 radical (unpaired) electrons. The number of aromatic hydroxyl groups is 1. The third kappa shape index (κ3) is 2.40. The van der Waals surface area contributed by atoms with Crippen LogP contribution in [-0.4, -0.2) is 23.2 Å². The third-order valence-electron chi connectivity index (χ3n) is 1.49. The fraction of sp³-hybridized carbons (Fsp3) is 0.250. The van der Waals surface area contributed by atoms with E-state index < -0.39 is 11.9 Å². The number of nitrogens with zero attached hydrogens (tertiary/aromatic N) is 1. The van der Waals surface area contributed by atoms with E-state index in [1.807, 2.05) is 0 Å². The molecule has 4 nitrogen and oxygen atoms in total. The summed E-state index contributed by atoms with van der Waals surface area (Å²) in [5.74, 6) is -1.50. The van der Waals surface area contributed by atoms with Crippen LogP contribution < -0.4 is 0 Å². The van der Waals surface area contributed by atoms with Gasteiger partial charge >= 0.3 is 5.97 Å². The average molecular weight is 185 g/mol. The van der Waals surface area contributed by atoms with Gasteiger partial charge in [-0.25, -0.2) is 4.98 Å². The van der Waals surface area contributed by atoms with Crippen molar-refractivity contribution in [3.05, 3.63) is 23.8 Å². The number of pyridine rings is 1. The highest BCUT2D eigenvalue weighted by Crippen LogP contribution is 2.16. The van der Waals surface area contributed by atoms with E-state index in [0.29, 0.717) is 0 Å². The van der Waals surface area contributed by atoms with Crippen LogP contribution in [0.1, 0.15) is 5.56 Å². The maximum absolute atomic E-state index is 12.5. The van der Waals surface area contributed by atoms with Gasteiger partial charge in [0.2, 0.25) is 5.95 Å². The number of methoxy groups -OCH3 is 1. The lowest BCUT2D eigenvalue weighted by atomic mass is 10.2. The fourth-order valence-corrected chi connectivity index (χ4v) is 0.830. The molecule has 0 saturated heterocycles. The highest BCUT2D eigenvalue weighted by molar-refractivity contribution is 5.73. The summed E-state index contributed by atoms with van der Waals surface area (Å²) in [5, 5.41) is 9.14. The molecule has 1 rings (SSSR count). The zero-order valence-corrected chi connectivity index (χ0v) is 6.95. The first-order valence-electron chi connectivity index (χ1n) is 3.53. The number of rotatable bonds is 2. The normalized spacial score (nSPS) is 9.69. The molecule has 0 amide bonds. The lowest BCUT2D eigenvalue weighted by Crippen LogP contribution is -2.05. The Morgan fingerprint density at radius 3 is 3.08 bits per heavy atom. The molecule has 0 saturated carbocycles. The number of aromatic nitrogens is 1. The highest BCUT2D eigenvalue weighted by Gasteiger charge is 2.08. The number of esters is 1. The van der Waals surface area contributed by atoms with E-state index in [1.165, 1.54) is 7.11 Å². The maximum atomic E-state index is 12.5. The largest absolute Gasteiger partial charge is 0.506 e. The van der Waals surface area contributed by atoms with Crippen LogP contribution in [0.5, 0.6) is 5.75 Å². The lowest BCUT2D eigenvalue weighted by molar-refractivity contribution is -0.139. The van der Waals surface area contributed by atoms with Gasteiger partial charge in [-0.05, 0) is 0 Å². The quantitative estimate of drug-likeness (QED) is 0.542. The van der Waals surface area contributed by atoms with Crippen molar-refractivity contribution >= 4 is 5.97 Å². The summed E-state index contributed by atoms with van der Waals surface area (Å²) in [6.45, 7) is 0. The van der Waals surface area contributed by atoms with Gasteiger partial charge in [-0.1, -0.05) is 0 Å². The molecule has 0 bridgehead atoms. The Hall–Kier alpha value is -1.65. The molecule has 70 valence electrons. The van der Waals surface area contributed by atoms with Crippen molar-refractivity contribution in [1.82, 2.24) is 4.98 Å². The smallest absolute Gasteiger partial charge is 0.310 e. The van der Waals surface area contributed by atoms with Gasteiger partial charge in [0, 0.05) is 11.6 Å². The Bertz CT molecular complexity index is 327. The number of halogens is 1. The Morgan fingerprint density at radius 2 is 2.46 bits per heavy atom. The molecule has 1 aromatic heterocycles. The second-order valence-corrected chi connectivity index (χ2v) is 2.39. The first-order valence-corrected chi connectivity index (χ1v) is 3.53. The average Bonchev–Trinajstić information content (AvgIpc) is 2.11. The van der Waals surface area contributed by atoms with Crippen molar-refractivity contribution in [1.29, 1.82) is 0 Å². The second kappa shape index (κ2) is 3.84. The molecular weight excluding hydrogens is 177 g/mol. The summed E-state index contributed by atoms with van der Waals surface area (Å²) >= 11 is 0. The zero-order chi connectivity index (χ0) is 9.84. The maximum Gasteiger partial charge on any atom is 0.310 e. The molecular formula is C8H8FNO3. The van der Waals surface area contributed by atoms with Gasteiger partial charge in [-0.2, -0.15) is 4.39 Å². The molecule has 0 unspecified atom stereocenters. The van der Waals surface area contributed by atoms with Gasteiger partial charge in [0.1, 0.15) is 5.75 Å². The van der Waals surface area contributed by atoms with E-state index in [-0.39, 0.29) is 17.7 Å². The topological polar surface area (TPSA) is 59.4 Å². The predicted octanol–water partition coefficient (Wildman–Crippen LogP) is 0.642. The predicted molar refractivity (Wildman–Crippen MR) is 41.6 cm³/mol. The van der Waals surface area contributed by atoms with E-state index in [2.05, 4.69) is 9.72 Å². The van der Waals surface area contributed by atoms with Crippen molar-refractivity contribution in [3.8, 4) is 5.75 Å². The summed E-state index contributed by atoms with van der Waals surface area (Å²) in [4.78, 5) is 14.0. The zero-order valence-electron chi connectivity index (χ0n) is 6.95. The van der Waals surface area contributed by atoms with Crippen LogP contribution in [0.2, 0.25) is 0 Å². The van der Waals surface area contributed by atoms with E-state index in [4.69, 9.17) is 5.11 Å². The molecule has 0 aliphatic heterocycles.